The Morgan fingerprint density at radius 2 is 2.00 bits per heavy atom. The van der Waals surface area contributed by atoms with E-state index < -0.39 is 17.7 Å². The molecule has 21 heavy (non-hydrogen) atoms. The number of carboxylic acid groups (broad SMARTS) is 1. The standard InChI is InChI=1S/C14H10F3NO2S/c15-14(16,17)11-4-5-12(18-7-11)21-8-9-2-1-3-10(6-9)13(19)20/h1-7H,8H2,(H,19,20). The SMILES string of the molecule is O=C(O)c1cccc(CSc2ccc(C(F)(F)F)cn2)c1. The lowest BCUT2D eigenvalue weighted by Gasteiger charge is -2.07. The summed E-state index contributed by atoms with van der Waals surface area (Å²) in [6.45, 7) is 0. The maximum atomic E-state index is 12.4. The number of pyridine rings is 1. The zero-order valence-electron chi connectivity index (χ0n) is 10.6. The second-order valence-electron chi connectivity index (χ2n) is 4.18. The van der Waals surface area contributed by atoms with E-state index >= 15 is 0 Å². The van der Waals surface area contributed by atoms with Crippen LogP contribution in [0.2, 0.25) is 0 Å². The van der Waals surface area contributed by atoms with Gasteiger partial charge in [-0.25, -0.2) is 9.78 Å². The van der Waals surface area contributed by atoms with Gasteiger partial charge in [0.05, 0.1) is 16.2 Å². The molecule has 1 aromatic heterocycles. The normalized spacial score (nSPS) is 11.4. The van der Waals surface area contributed by atoms with Gasteiger partial charge in [-0.1, -0.05) is 12.1 Å². The van der Waals surface area contributed by atoms with E-state index in [2.05, 4.69) is 4.98 Å². The number of alkyl halides is 3. The highest BCUT2D eigenvalue weighted by atomic mass is 32.2. The van der Waals surface area contributed by atoms with Crippen LogP contribution in [0.4, 0.5) is 13.2 Å². The molecular weight excluding hydrogens is 303 g/mol. The fourth-order valence-corrected chi connectivity index (χ4v) is 2.37. The molecule has 0 aliphatic heterocycles. The van der Waals surface area contributed by atoms with Gasteiger partial charge in [-0.3, -0.25) is 0 Å². The van der Waals surface area contributed by atoms with Crippen molar-refractivity contribution in [2.75, 3.05) is 0 Å². The summed E-state index contributed by atoms with van der Waals surface area (Å²) in [6.07, 6.45) is -3.61. The molecule has 0 radical (unpaired) electrons. The summed E-state index contributed by atoms with van der Waals surface area (Å²) in [7, 11) is 0. The van der Waals surface area contributed by atoms with Gasteiger partial charge in [-0.15, -0.1) is 11.8 Å². The number of thioether (sulfide) groups is 1. The number of aromatic carboxylic acids is 1. The van der Waals surface area contributed by atoms with Crippen LogP contribution in [0.15, 0.2) is 47.6 Å². The van der Waals surface area contributed by atoms with Gasteiger partial charge in [0.2, 0.25) is 0 Å². The van der Waals surface area contributed by atoms with Crippen molar-refractivity contribution in [2.24, 2.45) is 0 Å². The second kappa shape index (κ2) is 6.17. The number of carbonyl (C=O) groups is 1. The topological polar surface area (TPSA) is 50.2 Å². The molecule has 7 heteroatoms. The molecule has 0 fully saturated rings. The van der Waals surface area contributed by atoms with Crippen LogP contribution in [-0.4, -0.2) is 16.1 Å². The maximum absolute atomic E-state index is 12.4. The van der Waals surface area contributed by atoms with Crippen molar-refractivity contribution in [3.63, 3.8) is 0 Å². The Morgan fingerprint density at radius 3 is 2.57 bits per heavy atom. The van der Waals surface area contributed by atoms with Crippen molar-refractivity contribution < 1.29 is 23.1 Å². The summed E-state index contributed by atoms with van der Waals surface area (Å²) in [6, 6.07) is 8.66. The highest BCUT2D eigenvalue weighted by Gasteiger charge is 2.30. The molecule has 0 aliphatic carbocycles. The van der Waals surface area contributed by atoms with Crippen molar-refractivity contribution in [3.05, 3.63) is 59.3 Å². The third kappa shape index (κ3) is 4.22. The van der Waals surface area contributed by atoms with Gasteiger partial charge in [0.15, 0.2) is 0 Å². The summed E-state index contributed by atoms with van der Waals surface area (Å²) in [5.41, 5.74) is 0.148. The second-order valence-corrected chi connectivity index (χ2v) is 5.17. The molecule has 0 atom stereocenters. The van der Waals surface area contributed by atoms with E-state index in [4.69, 9.17) is 5.11 Å². The van der Waals surface area contributed by atoms with Crippen molar-refractivity contribution in [2.45, 2.75) is 17.0 Å². The van der Waals surface area contributed by atoms with E-state index in [9.17, 15) is 18.0 Å². The number of benzene rings is 1. The van der Waals surface area contributed by atoms with Crippen LogP contribution >= 0.6 is 11.8 Å². The molecule has 0 spiro atoms. The van der Waals surface area contributed by atoms with Crippen molar-refractivity contribution >= 4 is 17.7 Å². The molecule has 0 amide bonds. The van der Waals surface area contributed by atoms with Gasteiger partial charge in [-0.2, -0.15) is 13.2 Å². The molecule has 2 aromatic rings. The number of rotatable bonds is 4. The molecule has 0 unspecified atom stereocenters. The van der Waals surface area contributed by atoms with Crippen LogP contribution < -0.4 is 0 Å². The quantitative estimate of drug-likeness (QED) is 0.864. The van der Waals surface area contributed by atoms with Crippen LogP contribution in [-0.2, 0) is 11.9 Å². The molecule has 1 N–H and O–H groups in total. The van der Waals surface area contributed by atoms with Gasteiger partial charge in [0, 0.05) is 11.9 Å². The Balaban J connectivity index is 2.03. The lowest BCUT2D eigenvalue weighted by molar-refractivity contribution is -0.137. The molecular formula is C14H10F3NO2S. The van der Waals surface area contributed by atoms with Gasteiger partial charge in [0.1, 0.15) is 0 Å². The first kappa shape index (κ1) is 15.4. The molecule has 1 heterocycles. The fraction of sp³-hybridized carbons (Fsp3) is 0.143. The molecule has 0 saturated heterocycles. The van der Waals surface area contributed by atoms with Crippen molar-refractivity contribution in [3.8, 4) is 0 Å². The number of aromatic nitrogens is 1. The zero-order valence-corrected chi connectivity index (χ0v) is 11.4. The third-order valence-electron chi connectivity index (χ3n) is 2.62. The van der Waals surface area contributed by atoms with E-state index in [0.717, 1.165) is 17.8 Å². The van der Waals surface area contributed by atoms with E-state index in [1.165, 1.54) is 30.0 Å². The molecule has 0 bridgehead atoms. The van der Waals surface area contributed by atoms with E-state index in [1.54, 1.807) is 12.1 Å². The maximum Gasteiger partial charge on any atom is 0.417 e. The largest absolute Gasteiger partial charge is 0.478 e. The first-order valence-corrected chi connectivity index (χ1v) is 6.83. The number of halogens is 3. The summed E-state index contributed by atoms with van der Waals surface area (Å²) < 4.78 is 37.2. The van der Waals surface area contributed by atoms with Crippen molar-refractivity contribution in [1.29, 1.82) is 0 Å². The lowest BCUT2D eigenvalue weighted by atomic mass is 10.1. The van der Waals surface area contributed by atoms with Gasteiger partial charge >= 0.3 is 12.1 Å². The highest BCUT2D eigenvalue weighted by molar-refractivity contribution is 7.98. The Morgan fingerprint density at radius 1 is 1.24 bits per heavy atom. The van der Waals surface area contributed by atoms with Gasteiger partial charge in [-0.05, 0) is 29.8 Å². The van der Waals surface area contributed by atoms with Gasteiger partial charge in [0.25, 0.3) is 0 Å². The van der Waals surface area contributed by atoms with Crippen LogP contribution in [0.1, 0.15) is 21.5 Å². The molecule has 0 aliphatic rings. The van der Waals surface area contributed by atoms with E-state index in [-0.39, 0.29) is 5.56 Å². The first-order chi connectivity index (χ1) is 9.86. The molecule has 110 valence electrons. The van der Waals surface area contributed by atoms with Crippen LogP contribution in [0, 0.1) is 0 Å². The van der Waals surface area contributed by atoms with E-state index in [0.29, 0.717) is 10.8 Å². The predicted octanol–water partition coefficient (Wildman–Crippen LogP) is 4.09. The predicted molar refractivity (Wildman–Crippen MR) is 72.2 cm³/mol. The molecule has 2 rings (SSSR count). The van der Waals surface area contributed by atoms with Crippen molar-refractivity contribution in [1.82, 2.24) is 4.98 Å². The van der Waals surface area contributed by atoms with Crippen LogP contribution in [0.25, 0.3) is 0 Å². The third-order valence-corrected chi connectivity index (χ3v) is 3.64. The number of carboxylic acids is 1. The molecule has 3 nitrogen and oxygen atoms in total. The molecule has 1 aromatic carbocycles. The smallest absolute Gasteiger partial charge is 0.417 e. The fourth-order valence-electron chi connectivity index (χ4n) is 1.58. The summed E-state index contributed by atoms with van der Waals surface area (Å²) in [5, 5.41) is 9.32. The van der Waals surface area contributed by atoms with E-state index in [1.807, 2.05) is 0 Å². The summed E-state index contributed by atoms with van der Waals surface area (Å²) >= 11 is 1.24. The summed E-state index contributed by atoms with van der Waals surface area (Å²) in [4.78, 5) is 14.6. The minimum absolute atomic E-state index is 0.175. The summed E-state index contributed by atoms with van der Waals surface area (Å²) in [5.74, 6) is -0.589. The minimum Gasteiger partial charge on any atom is -0.478 e. The van der Waals surface area contributed by atoms with Gasteiger partial charge < -0.3 is 5.11 Å². The first-order valence-electron chi connectivity index (χ1n) is 5.84. The number of hydrogen-bond acceptors (Lipinski definition) is 3. The minimum atomic E-state index is -4.40. The lowest BCUT2D eigenvalue weighted by Crippen LogP contribution is -2.05. The Bertz CT molecular complexity index is 641. The number of hydrogen-bond donors (Lipinski definition) is 1. The Kier molecular flexibility index (Phi) is 4.52. The van der Waals surface area contributed by atoms with Crippen LogP contribution in [0.5, 0.6) is 0 Å². The Hall–Kier alpha value is -2.02. The monoisotopic (exact) mass is 313 g/mol. The average molecular weight is 313 g/mol. The Labute approximate surface area is 122 Å². The molecule has 0 saturated carbocycles. The average Bonchev–Trinajstić information content (AvgIpc) is 2.45. The zero-order chi connectivity index (χ0) is 15.5. The number of nitrogens with zero attached hydrogens (tertiary/aromatic N) is 1. The highest BCUT2D eigenvalue weighted by Crippen LogP contribution is 2.30. The van der Waals surface area contributed by atoms with Crippen LogP contribution in [0.3, 0.4) is 0 Å².